The first-order chi connectivity index (χ1) is 15.4. The molecule has 2 aromatic carbocycles. The van der Waals surface area contributed by atoms with Crippen LogP contribution in [0.4, 0.5) is 0 Å². The predicted molar refractivity (Wildman–Crippen MR) is 125 cm³/mol. The Hall–Kier alpha value is -2.69. The molecule has 0 saturated carbocycles. The molecule has 0 unspecified atom stereocenters. The van der Waals surface area contributed by atoms with E-state index in [0.29, 0.717) is 35.0 Å². The average molecular weight is 522 g/mol. The molecule has 0 fully saturated rings. The monoisotopic (exact) mass is 521 g/mol. The predicted octanol–water partition coefficient (Wildman–Crippen LogP) is 4.06. The van der Waals surface area contributed by atoms with Crippen LogP contribution in [0.1, 0.15) is 13.8 Å². The lowest BCUT2D eigenvalue weighted by molar-refractivity contribution is 0.306. The third-order valence-corrected chi connectivity index (χ3v) is 6.22. The second-order valence-corrected chi connectivity index (χ2v) is 9.14. The zero-order valence-electron chi connectivity index (χ0n) is 17.7. The SMILES string of the molecule is CCOc1ccc(-c2ccc(OCCNS(=O)(=O)c3cc(Br)ccc3OCC)nn2)cc1. The quantitative estimate of drug-likeness (QED) is 0.379. The highest BCUT2D eigenvalue weighted by atomic mass is 79.9. The summed E-state index contributed by atoms with van der Waals surface area (Å²) < 4.78 is 44.8. The molecule has 3 rings (SSSR count). The maximum absolute atomic E-state index is 12.7. The second kappa shape index (κ2) is 11.3. The van der Waals surface area contributed by atoms with Crippen LogP contribution in [-0.4, -0.2) is 45.0 Å². The van der Waals surface area contributed by atoms with Crippen molar-refractivity contribution >= 4 is 26.0 Å². The van der Waals surface area contributed by atoms with Crippen LogP contribution in [-0.2, 0) is 10.0 Å². The van der Waals surface area contributed by atoms with Gasteiger partial charge in [-0.1, -0.05) is 15.9 Å². The topological polar surface area (TPSA) is 99.6 Å². The molecular weight excluding hydrogens is 498 g/mol. The summed E-state index contributed by atoms with van der Waals surface area (Å²) in [7, 11) is -3.77. The highest BCUT2D eigenvalue weighted by Gasteiger charge is 2.20. The number of benzene rings is 2. The summed E-state index contributed by atoms with van der Waals surface area (Å²) in [5, 5.41) is 8.21. The Kier molecular flexibility index (Phi) is 8.43. The van der Waals surface area contributed by atoms with E-state index in [-0.39, 0.29) is 18.0 Å². The van der Waals surface area contributed by atoms with Crippen molar-refractivity contribution in [2.45, 2.75) is 18.7 Å². The van der Waals surface area contributed by atoms with Gasteiger partial charge in [-0.3, -0.25) is 0 Å². The van der Waals surface area contributed by atoms with E-state index in [2.05, 4.69) is 30.8 Å². The van der Waals surface area contributed by atoms with Gasteiger partial charge < -0.3 is 14.2 Å². The number of nitrogens with zero attached hydrogens (tertiary/aromatic N) is 2. The third-order valence-electron chi connectivity index (χ3n) is 4.24. The average Bonchev–Trinajstić information content (AvgIpc) is 2.79. The largest absolute Gasteiger partial charge is 0.494 e. The zero-order valence-corrected chi connectivity index (χ0v) is 20.1. The molecule has 0 amide bonds. The fourth-order valence-corrected chi connectivity index (χ4v) is 4.51. The fraction of sp³-hybridized carbons (Fsp3) is 0.273. The van der Waals surface area contributed by atoms with Crippen LogP contribution in [0.3, 0.4) is 0 Å². The fourth-order valence-electron chi connectivity index (χ4n) is 2.82. The van der Waals surface area contributed by atoms with Gasteiger partial charge in [0.15, 0.2) is 0 Å². The second-order valence-electron chi connectivity index (χ2n) is 6.48. The van der Waals surface area contributed by atoms with Crippen LogP contribution in [0, 0.1) is 0 Å². The Morgan fingerprint density at radius 2 is 1.66 bits per heavy atom. The first-order valence-corrected chi connectivity index (χ1v) is 12.3. The van der Waals surface area contributed by atoms with E-state index in [1.165, 1.54) is 6.07 Å². The van der Waals surface area contributed by atoms with Gasteiger partial charge in [0.1, 0.15) is 23.0 Å². The van der Waals surface area contributed by atoms with Gasteiger partial charge in [-0.15, -0.1) is 10.2 Å². The summed E-state index contributed by atoms with van der Waals surface area (Å²) in [4.78, 5) is 0.0632. The minimum atomic E-state index is -3.77. The molecule has 8 nitrogen and oxygen atoms in total. The van der Waals surface area contributed by atoms with E-state index in [1.807, 2.05) is 31.2 Å². The summed E-state index contributed by atoms with van der Waals surface area (Å²) in [5.41, 5.74) is 1.60. The van der Waals surface area contributed by atoms with Crippen LogP contribution in [0.2, 0.25) is 0 Å². The summed E-state index contributed by atoms with van der Waals surface area (Å²) in [6.07, 6.45) is 0. The number of hydrogen-bond donors (Lipinski definition) is 1. The molecule has 170 valence electrons. The number of rotatable bonds is 11. The van der Waals surface area contributed by atoms with Crippen molar-refractivity contribution in [3.8, 4) is 28.6 Å². The Morgan fingerprint density at radius 3 is 2.31 bits per heavy atom. The van der Waals surface area contributed by atoms with Crippen LogP contribution in [0.25, 0.3) is 11.3 Å². The molecule has 0 aliphatic heterocycles. The highest BCUT2D eigenvalue weighted by molar-refractivity contribution is 9.10. The van der Waals surface area contributed by atoms with Crippen LogP contribution in [0.5, 0.6) is 17.4 Å². The molecule has 1 heterocycles. The lowest BCUT2D eigenvalue weighted by Crippen LogP contribution is -2.28. The third kappa shape index (κ3) is 6.41. The first-order valence-electron chi connectivity index (χ1n) is 10.0. The lowest BCUT2D eigenvalue weighted by atomic mass is 10.1. The van der Waals surface area contributed by atoms with Crippen molar-refractivity contribution in [2.75, 3.05) is 26.4 Å². The highest BCUT2D eigenvalue weighted by Crippen LogP contribution is 2.27. The van der Waals surface area contributed by atoms with E-state index in [9.17, 15) is 8.42 Å². The molecule has 32 heavy (non-hydrogen) atoms. The van der Waals surface area contributed by atoms with Crippen molar-refractivity contribution in [2.24, 2.45) is 0 Å². The molecule has 0 spiro atoms. The van der Waals surface area contributed by atoms with Crippen molar-refractivity contribution in [1.29, 1.82) is 0 Å². The van der Waals surface area contributed by atoms with Gasteiger partial charge >= 0.3 is 0 Å². The van der Waals surface area contributed by atoms with Crippen LogP contribution < -0.4 is 18.9 Å². The number of halogens is 1. The molecule has 0 atom stereocenters. The molecular formula is C22H24BrN3O5S. The normalized spacial score (nSPS) is 11.2. The first kappa shape index (κ1) is 24.0. The Morgan fingerprint density at radius 1 is 0.906 bits per heavy atom. The van der Waals surface area contributed by atoms with E-state index >= 15 is 0 Å². The molecule has 0 bridgehead atoms. The van der Waals surface area contributed by atoms with Crippen molar-refractivity contribution in [3.63, 3.8) is 0 Å². The Balaban J connectivity index is 1.55. The van der Waals surface area contributed by atoms with E-state index in [4.69, 9.17) is 14.2 Å². The van der Waals surface area contributed by atoms with Crippen LogP contribution >= 0.6 is 15.9 Å². The van der Waals surface area contributed by atoms with E-state index in [1.54, 1.807) is 31.2 Å². The number of aromatic nitrogens is 2. The smallest absolute Gasteiger partial charge is 0.244 e. The van der Waals surface area contributed by atoms with Gasteiger partial charge in [-0.2, -0.15) is 0 Å². The van der Waals surface area contributed by atoms with Crippen LogP contribution in [0.15, 0.2) is 64.0 Å². The maximum atomic E-state index is 12.7. The molecule has 1 N–H and O–H groups in total. The van der Waals surface area contributed by atoms with Gasteiger partial charge in [0.2, 0.25) is 15.9 Å². The molecule has 10 heteroatoms. The molecule has 0 saturated heterocycles. The van der Waals surface area contributed by atoms with Gasteiger partial charge in [-0.05, 0) is 62.4 Å². The van der Waals surface area contributed by atoms with Gasteiger partial charge in [0.05, 0.1) is 18.9 Å². The van der Waals surface area contributed by atoms with Crippen molar-refractivity contribution in [1.82, 2.24) is 14.9 Å². The lowest BCUT2D eigenvalue weighted by Gasteiger charge is -2.12. The molecule has 0 aliphatic rings. The minimum Gasteiger partial charge on any atom is -0.494 e. The summed E-state index contributed by atoms with van der Waals surface area (Å²) in [6.45, 7) is 4.84. The van der Waals surface area contributed by atoms with Gasteiger partial charge in [0.25, 0.3) is 0 Å². The van der Waals surface area contributed by atoms with Gasteiger partial charge in [0, 0.05) is 22.6 Å². The number of ether oxygens (including phenoxy) is 3. The molecule has 3 aromatic rings. The van der Waals surface area contributed by atoms with E-state index < -0.39 is 10.0 Å². The van der Waals surface area contributed by atoms with Crippen molar-refractivity contribution < 1.29 is 22.6 Å². The maximum Gasteiger partial charge on any atom is 0.244 e. The number of hydrogen-bond acceptors (Lipinski definition) is 7. The van der Waals surface area contributed by atoms with Gasteiger partial charge in [-0.25, -0.2) is 13.1 Å². The summed E-state index contributed by atoms with van der Waals surface area (Å²) in [5.74, 6) is 1.39. The molecule has 0 aliphatic carbocycles. The molecule has 1 aromatic heterocycles. The Labute approximate surface area is 196 Å². The number of sulfonamides is 1. The standard InChI is InChI=1S/C22H24BrN3O5S/c1-3-29-18-8-5-16(6-9-18)19-10-12-22(26-25-19)31-14-13-24-32(27,28)21-15-17(23)7-11-20(21)30-4-2/h5-12,15,24H,3-4,13-14H2,1-2H3. The van der Waals surface area contributed by atoms with Crippen molar-refractivity contribution in [3.05, 3.63) is 59.1 Å². The zero-order chi connectivity index (χ0) is 23.0. The Bertz CT molecular complexity index is 1120. The number of nitrogens with one attached hydrogen (secondary N) is 1. The summed E-state index contributed by atoms with van der Waals surface area (Å²) in [6, 6.07) is 15.9. The molecule has 0 radical (unpaired) electrons. The minimum absolute atomic E-state index is 0.0583. The summed E-state index contributed by atoms with van der Waals surface area (Å²) >= 11 is 3.29. The van der Waals surface area contributed by atoms with E-state index in [0.717, 1.165) is 11.3 Å².